The van der Waals surface area contributed by atoms with Crippen LogP contribution >= 0.6 is 0 Å². The highest BCUT2D eigenvalue weighted by Gasteiger charge is 2.42. The highest BCUT2D eigenvalue weighted by atomic mass is 16.2. The molecule has 0 bridgehead atoms. The van der Waals surface area contributed by atoms with E-state index in [4.69, 9.17) is 0 Å². The van der Waals surface area contributed by atoms with Gasteiger partial charge in [-0.15, -0.1) is 0 Å². The molecule has 2 N–H and O–H groups in total. The van der Waals surface area contributed by atoms with E-state index < -0.39 is 0 Å². The summed E-state index contributed by atoms with van der Waals surface area (Å²) >= 11 is 0. The number of imide groups is 2. The van der Waals surface area contributed by atoms with E-state index in [-0.39, 0.29) is 43.6 Å². The highest BCUT2D eigenvalue weighted by Crippen LogP contribution is 2.16. The second kappa shape index (κ2) is 12.3. The Balaban J connectivity index is 2.11. The fraction of sp³-hybridized carbons (Fsp3) is 0.688. The molecule has 0 aromatic carbocycles. The molecule has 0 aromatic rings. The number of carbonyl (C=O) groups is 3. The maximum atomic E-state index is 11.8. The van der Waals surface area contributed by atoms with Crippen LogP contribution in [0.3, 0.4) is 0 Å². The van der Waals surface area contributed by atoms with Crippen molar-refractivity contribution in [3.8, 4) is 0 Å². The van der Waals surface area contributed by atoms with E-state index in [1.54, 1.807) is 0 Å². The summed E-state index contributed by atoms with van der Waals surface area (Å²) in [5.41, 5.74) is 0. The summed E-state index contributed by atoms with van der Waals surface area (Å²) in [4.78, 5) is 64.3. The number of aliphatic imine (C=N–C) groups is 2. The molecule has 0 aromatic heterocycles. The van der Waals surface area contributed by atoms with Crippen LogP contribution in [0.2, 0.25) is 0 Å². The fourth-order valence-corrected chi connectivity index (χ4v) is 2.35. The Labute approximate surface area is 156 Å². The third-order valence-electron chi connectivity index (χ3n) is 3.89. The van der Waals surface area contributed by atoms with Gasteiger partial charge in [-0.05, 0) is 25.2 Å². The molecule has 0 spiro atoms. The van der Waals surface area contributed by atoms with Gasteiger partial charge in [0.1, 0.15) is 0 Å². The molecule has 11 nitrogen and oxygen atoms in total. The Kier molecular flexibility index (Phi) is 10.1. The minimum atomic E-state index is -0.383. The molecule has 0 radical (unpaired) electrons. The third-order valence-corrected chi connectivity index (χ3v) is 3.89. The number of isocyanates is 2. The van der Waals surface area contributed by atoms with Crippen molar-refractivity contribution in [2.75, 3.05) is 39.3 Å². The maximum absolute atomic E-state index is 11.8. The smallest absolute Gasteiger partial charge is 0.336 e. The lowest BCUT2D eigenvalue weighted by molar-refractivity contribution is 0.105. The Morgan fingerprint density at radius 1 is 1.00 bits per heavy atom. The Hall–Kier alpha value is -3.03. The predicted molar refractivity (Wildman–Crippen MR) is 94.6 cm³/mol. The van der Waals surface area contributed by atoms with E-state index in [0.29, 0.717) is 38.9 Å². The van der Waals surface area contributed by atoms with Crippen LogP contribution in [-0.2, 0) is 9.59 Å². The number of hydrogen-bond acceptors (Lipinski definition) is 7. The van der Waals surface area contributed by atoms with Gasteiger partial charge in [-0.1, -0.05) is 6.92 Å². The van der Waals surface area contributed by atoms with E-state index >= 15 is 0 Å². The number of hydrogen-bond donors (Lipinski definition) is 2. The van der Waals surface area contributed by atoms with E-state index in [0.717, 1.165) is 9.80 Å². The molecular weight excluding hydrogens is 356 g/mol. The molecule has 0 saturated carbocycles. The van der Waals surface area contributed by atoms with Gasteiger partial charge in [-0.3, -0.25) is 0 Å². The van der Waals surface area contributed by atoms with Crippen molar-refractivity contribution in [2.24, 2.45) is 15.9 Å². The van der Waals surface area contributed by atoms with Gasteiger partial charge in [-0.25, -0.2) is 43.8 Å². The van der Waals surface area contributed by atoms with Crippen LogP contribution < -0.4 is 10.6 Å². The normalized spacial score (nSPS) is 14.0. The lowest BCUT2D eigenvalue weighted by Crippen LogP contribution is -2.64. The quantitative estimate of drug-likeness (QED) is 0.274. The molecule has 1 unspecified atom stereocenters. The molecule has 1 aliphatic heterocycles. The average Bonchev–Trinajstić information content (AvgIpc) is 2.66. The maximum Gasteiger partial charge on any atom is 0.336 e. The van der Waals surface area contributed by atoms with Crippen LogP contribution in [0.4, 0.5) is 14.4 Å². The molecule has 148 valence electrons. The van der Waals surface area contributed by atoms with Crippen LogP contribution in [0.1, 0.15) is 26.2 Å². The van der Waals surface area contributed by atoms with Gasteiger partial charge < -0.3 is 10.6 Å². The van der Waals surface area contributed by atoms with Crippen molar-refractivity contribution in [2.45, 2.75) is 26.2 Å². The molecule has 0 aliphatic carbocycles. The Morgan fingerprint density at radius 3 is 2.22 bits per heavy atom. The zero-order chi connectivity index (χ0) is 20.1. The first-order valence-electron chi connectivity index (χ1n) is 8.73. The van der Waals surface area contributed by atoms with E-state index in [1.165, 1.54) is 12.2 Å². The van der Waals surface area contributed by atoms with Gasteiger partial charge >= 0.3 is 18.1 Å². The molecule has 1 saturated heterocycles. The number of rotatable bonds is 13. The number of nitrogens with zero attached hydrogens (tertiary/aromatic N) is 4. The summed E-state index contributed by atoms with van der Waals surface area (Å²) in [5.74, 6) is 0.174. The Bertz CT molecular complexity index is 611. The van der Waals surface area contributed by atoms with Crippen LogP contribution in [0.15, 0.2) is 9.98 Å². The van der Waals surface area contributed by atoms with Crippen molar-refractivity contribution in [1.82, 2.24) is 20.4 Å². The minimum absolute atomic E-state index is 0.174. The van der Waals surface area contributed by atoms with Crippen LogP contribution in [0.25, 0.3) is 0 Å². The van der Waals surface area contributed by atoms with Gasteiger partial charge in [0.2, 0.25) is 12.2 Å². The molecule has 1 atom stereocenters. The lowest BCUT2D eigenvalue weighted by atomic mass is 10.1. The summed E-state index contributed by atoms with van der Waals surface area (Å²) in [7, 11) is 0. The van der Waals surface area contributed by atoms with Gasteiger partial charge in [0.25, 0.3) is 0 Å². The van der Waals surface area contributed by atoms with Gasteiger partial charge in [0.15, 0.2) is 0 Å². The van der Waals surface area contributed by atoms with E-state index in [1.807, 2.05) is 6.92 Å². The van der Waals surface area contributed by atoms with Crippen molar-refractivity contribution < 1.29 is 24.0 Å². The SMILES string of the molecule is CC(CCN=C=O)CNC(=O)NCCCN1C(=O)N(CCCN=C=O)C1=O. The van der Waals surface area contributed by atoms with Crippen LogP contribution in [0.5, 0.6) is 0 Å². The monoisotopic (exact) mass is 380 g/mol. The fourth-order valence-electron chi connectivity index (χ4n) is 2.35. The number of urea groups is 3. The standard InChI is InChI=1S/C16H24N6O5/c1-13(4-7-18-12-24)10-20-14(25)19-6-3-9-22-15(26)21(16(22)27)8-2-5-17-11-23/h13H,2-10H2,1H3,(H2,19,20,25). The molecular formula is C16H24N6O5. The molecule has 27 heavy (non-hydrogen) atoms. The number of nitrogens with one attached hydrogen (secondary N) is 2. The molecule has 1 aliphatic rings. The summed E-state index contributed by atoms with van der Waals surface area (Å²) in [6.45, 7) is 3.75. The molecule has 1 heterocycles. The molecule has 6 amide bonds. The predicted octanol–water partition coefficient (Wildman–Crippen LogP) is 0.621. The summed E-state index contributed by atoms with van der Waals surface area (Å²) in [6.07, 6.45) is 4.40. The number of carbonyl (C=O) groups excluding carboxylic acids is 5. The van der Waals surface area contributed by atoms with E-state index in [2.05, 4.69) is 20.6 Å². The minimum Gasteiger partial charge on any atom is -0.338 e. The first kappa shape index (κ1) is 22.0. The molecule has 11 heteroatoms. The first-order valence-corrected chi connectivity index (χ1v) is 8.73. The summed E-state index contributed by atoms with van der Waals surface area (Å²) in [5, 5.41) is 5.35. The second-order valence-corrected chi connectivity index (χ2v) is 6.05. The summed E-state index contributed by atoms with van der Waals surface area (Å²) < 4.78 is 0. The van der Waals surface area contributed by atoms with Gasteiger partial charge in [0.05, 0.1) is 13.1 Å². The molecule has 1 rings (SSSR count). The highest BCUT2D eigenvalue weighted by molar-refractivity contribution is 6.11. The van der Waals surface area contributed by atoms with Gasteiger partial charge in [0, 0.05) is 26.2 Å². The van der Waals surface area contributed by atoms with Crippen LogP contribution in [-0.4, -0.2) is 79.3 Å². The van der Waals surface area contributed by atoms with Crippen molar-refractivity contribution >= 4 is 30.3 Å². The topological polar surface area (TPSA) is 141 Å². The Morgan fingerprint density at radius 2 is 1.59 bits per heavy atom. The average molecular weight is 380 g/mol. The number of amides is 6. The van der Waals surface area contributed by atoms with E-state index in [9.17, 15) is 24.0 Å². The zero-order valence-electron chi connectivity index (χ0n) is 15.3. The first-order chi connectivity index (χ1) is 13.0. The molecule has 1 fully saturated rings. The van der Waals surface area contributed by atoms with Crippen LogP contribution in [0, 0.1) is 5.92 Å². The third kappa shape index (κ3) is 7.81. The van der Waals surface area contributed by atoms with Crippen molar-refractivity contribution in [3.05, 3.63) is 0 Å². The largest absolute Gasteiger partial charge is 0.338 e. The lowest BCUT2D eigenvalue weighted by Gasteiger charge is -2.39. The van der Waals surface area contributed by atoms with Crippen molar-refractivity contribution in [3.63, 3.8) is 0 Å². The summed E-state index contributed by atoms with van der Waals surface area (Å²) in [6, 6.07) is -1.10. The second-order valence-electron chi connectivity index (χ2n) is 6.05. The zero-order valence-corrected chi connectivity index (χ0v) is 15.3. The van der Waals surface area contributed by atoms with Crippen molar-refractivity contribution in [1.29, 1.82) is 0 Å². The van der Waals surface area contributed by atoms with Gasteiger partial charge in [-0.2, -0.15) is 0 Å².